The van der Waals surface area contributed by atoms with E-state index in [-0.39, 0.29) is 6.29 Å². The Morgan fingerprint density at radius 2 is 1.29 bits per heavy atom. The zero-order valence-electron chi connectivity index (χ0n) is 12.2. The van der Waals surface area contributed by atoms with Gasteiger partial charge in [0.2, 0.25) is 0 Å². The van der Waals surface area contributed by atoms with E-state index in [0.29, 0.717) is 0 Å². The van der Waals surface area contributed by atoms with Gasteiger partial charge in [0, 0.05) is 0 Å². The number of rotatable bonds is 11. The second-order valence-corrected chi connectivity index (χ2v) is 4.79. The standard InChI is InChI=1S/C12H20O12/c13-1-4(16)7(18)9(20)6(3-15)24-12(23)11(22)10(21)8(19)5(17)2-14/h3-10,13-14,16-21H,1-2H2/t4-,5+,6-,7-,8-,9-,10-/m1/s1. The molecule has 0 spiro atoms. The quantitative estimate of drug-likeness (QED) is 0.0983. The van der Waals surface area contributed by atoms with Crippen molar-refractivity contribution in [2.45, 2.75) is 42.7 Å². The Labute approximate surface area is 135 Å². The predicted molar refractivity (Wildman–Crippen MR) is 71.2 cm³/mol. The number of hydrogen-bond acceptors (Lipinski definition) is 12. The number of carbonyl (C=O) groups excluding carboxylic acids is 3. The van der Waals surface area contributed by atoms with E-state index < -0.39 is 67.7 Å². The average molecular weight is 356 g/mol. The topological polar surface area (TPSA) is 222 Å². The smallest absolute Gasteiger partial charge is 0.378 e. The van der Waals surface area contributed by atoms with Crippen LogP contribution in [0.5, 0.6) is 0 Å². The molecule has 8 N–H and O–H groups in total. The summed E-state index contributed by atoms with van der Waals surface area (Å²) in [4.78, 5) is 33.8. The van der Waals surface area contributed by atoms with E-state index in [1.165, 1.54) is 0 Å². The van der Waals surface area contributed by atoms with Gasteiger partial charge < -0.3 is 45.6 Å². The Kier molecular flexibility index (Phi) is 9.72. The maximum absolute atomic E-state index is 11.5. The molecule has 0 aromatic carbocycles. The molecule has 0 amide bonds. The van der Waals surface area contributed by atoms with E-state index in [2.05, 4.69) is 4.74 Å². The summed E-state index contributed by atoms with van der Waals surface area (Å²) in [5, 5.41) is 73.0. The molecule has 12 heteroatoms. The van der Waals surface area contributed by atoms with Gasteiger partial charge in [-0.3, -0.25) is 9.59 Å². The predicted octanol–water partition coefficient (Wildman–Crippen LogP) is -6.18. The van der Waals surface area contributed by atoms with Gasteiger partial charge in [0.25, 0.3) is 5.78 Å². The van der Waals surface area contributed by atoms with Crippen LogP contribution >= 0.6 is 0 Å². The van der Waals surface area contributed by atoms with Crippen molar-refractivity contribution in [2.75, 3.05) is 13.2 Å². The number of Topliss-reactive ketones (excluding diaryl/α,β-unsaturated/α-hetero) is 1. The van der Waals surface area contributed by atoms with Crippen LogP contribution in [0.1, 0.15) is 0 Å². The lowest BCUT2D eigenvalue weighted by Gasteiger charge is -2.26. The number of ether oxygens (including phenoxy) is 1. The molecule has 0 unspecified atom stereocenters. The van der Waals surface area contributed by atoms with Gasteiger partial charge in [0.1, 0.15) is 30.5 Å². The molecule has 0 bridgehead atoms. The molecule has 24 heavy (non-hydrogen) atoms. The highest BCUT2D eigenvalue weighted by atomic mass is 16.6. The van der Waals surface area contributed by atoms with Gasteiger partial charge in [-0.15, -0.1) is 0 Å². The van der Waals surface area contributed by atoms with Gasteiger partial charge in [-0.25, -0.2) is 4.79 Å². The third kappa shape index (κ3) is 5.85. The fourth-order valence-electron chi connectivity index (χ4n) is 1.48. The molecule has 140 valence electrons. The number of aliphatic hydroxyl groups excluding tert-OH is 8. The van der Waals surface area contributed by atoms with Gasteiger partial charge in [-0.05, 0) is 0 Å². The van der Waals surface area contributed by atoms with Gasteiger partial charge in [-0.1, -0.05) is 0 Å². The molecule has 12 nitrogen and oxygen atoms in total. The third-order valence-corrected chi connectivity index (χ3v) is 3.02. The van der Waals surface area contributed by atoms with Gasteiger partial charge in [0.15, 0.2) is 18.5 Å². The lowest BCUT2D eigenvalue weighted by atomic mass is 10.0. The molecule has 0 aliphatic carbocycles. The molecule has 0 saturated carbocycles. The number of aliphatic hydroxyl groups is 8. The monoisotopic (exact) mass is 356 g/mol. The first-order chi connectivity index (χ1) is 11.1. The maximum atomic E-state index is 11.5. The molecule has 0 aromatic rings. The summed E-state index contributed by atoms with van der Waals surface area (Å²) < 4.78 is 4.25. The zero-order chi connectivity index (χ0) is 19.0. The van der Waals surface area contributed by atoms with Crippen LogP contribution in [0.15, 0.2) is 0 Å². The number of carbonyl (C=O) groups is 3. The summed E-state index contributed by atoms with van der Waals surface area (Å²) >= 11 is 0. The summed E-state index contributed by atoms with van der Waals surface area (Å²) in [5.41, 5.74) is 0. The van der Waals surface area contributed by atoms with Crippen molar-refractivity contribution in [1.82, 2.24) is 0 Å². The third-order valence-electron chi connectivity index (χ3n) is 3.02. The van der Waals surface area contributed by atoms with Crippen LogP contribution in [-0.2, 0) is 19.1 Å². The largest absolute Gasteiger partial charge is 0.446 e. The van der Waals surface area contributed by atoms with Crippen molar-refractivity contribution < 1.29 is 60.0 Å². The first-order valence-electron chi connectivity index (χ1n) is 6.62. The minimum absolute atomic E-state index is 0.186. The number of aldehydes is 1. The lowest BCUT2D eigenvalue weighted by molar-refractivity contribution is -0.176. The van der Waals surface area contributed by atoms with E-state index >= 15 is 0 Å². The van der Waals surface area contributed by atoms with Crippen molar-refractivity contribution >= 4 is 18.0 Å². The Hall–Kier alpha value is -1.51. The average Bonchev–Trinajstić information content (AvgIpc) is 2.60. The Balaban J connectivity index is 4.92. The molecule has 0 radical (unpaired) electrons. The number of esters is 1. The van der Waals surface area contributed by atoms with Crippen LogP contribution in [0.2, 0.25) is 0 Å². The van der Waals surface area contributed by atoms with Gasteiger partial charge >= 0.3 is 5.97 Å². The first kappa shape index (κ1) is 22.5. The summed E-state index contributed by atoms with van der Waals surface area (Å²) in [6, 6.07) is 0. The highest BCUT2D eigenvalue weighted by Gasteiger charge is 2.38. The molecule has 7 atom stereocenters. The lowest BCUT2D eigenvalue weighted by Crippen LogP contribution is -2.50. The molecule has 0 rings (SSSR count). The molecular formula is C12H20O12. The summed E-state index contributed by atoms with van der Waals surface area (Å²) in [6.45, 7) is -2.01. The van der Waals surface area contributed by atoms with Crippen molar-refractivity contribution in [1.29, 1.82) is 0 Å². The molecule has 0 heterocycles. The van der Waals surface area contributed by atoms with Crippen LogP contribution in [0.25, 0.3) is 0 Å². The molecule has 0 aliphatic rings. The van der Waals surface area contributed by atoms with Crippen LogP contribution in [0.4, 0.5) is 0 Å². The minimum atomic E-state index is -2.49. The maximum Gasteiger partial charge on any atom is 0.378 e. The SMILES string of the molecule is O=C[C@@H](OC(=O)C(=O)[C@H](O)[C@H](O)[C@@H](O)CO)[C@@H](O)[C@H](O)[C@H](O)CO. The van der Waals surface area contributed by atoms with Crippen molar-refractivity contribution in [3.63, 3.8) is 0 Å². The van der Waals surface area contributed by atoms with Crippen molar-refractivity contribution in [3.8, 4) is 0 Å². The van der Waals surface area contributed by atoms with E-state index in [9.17, 15) is 34.8 Å². The minimum Gasteiger partial charge on any atom is -0.446 e. The second kappa shape index (κ2) is 10.4. The van der Waals surface area contributed by atoms with Crippen LogP contribution in [-0.4, -0.2) is 115 Å². The summed E-state index contributed by atoms with van der Waals surface area (Å²) in [5.74, 6) is -3.69. The first-order valence-corrected chi connectivity index (χ1v) is 6.62. The van der Waals surface area contributed by atoms with Crippen LogP contribution in [0.3, 0.4) is 0 Å². The fourth-order valence-corrected chi connectivity index (χ4v) is 1.48. The van der Waals surface area contributed by atoms with E-state index in [4.69, 9.17) is 20.4 Å². The zero-order valence-corrected chi connectivity index (χ0v) is 12.2. The Morgan fingerprint density at radius 1 is 0.833 bits per heavy atom. The van der Waals surface area contributed by atoms with Crippen LogP contribution in [0, 0.1) is 0 Å². The Bertz CT molecular complexity index is 426. The molecule has 0 aromatic heterocycles. The van der Waals surface area contributed by atoms with Crippen LogP contribution < -0.4 is 0 Å². The molecule has 0 saturated heterocycles. The highest BCUT2D eigenvalue weighted by molar-refractivity contribution is 6.35. The second-order valence-electron chi connectivity index (χ2n) is 4.79. The van der Waals surface area contributed by atoms with E-state index in [1.54, 1.807) is 0 Å². The number of hydrogen-bond donors (Lipinski definition) is 8. The van der Waals surface area contributed by atoms with E-state index in [1.807, 2.05) is 0 Å². The molecule has 0 aliphatic heterocycles. The highest BCUT2D eigenvalue weighted by Crippen LogP contribution is 2.09. The van der Waals surface area contributed by atoms with E-state index in [0.717, 1.165) is 0 Å². The van der Waals surface area contributed by atoms with Crippen molar-refractivity contribution in [2.24, 2.45) is 0 Å². The number of ketones is 1. The summed E-state index contributed by atoms with van der Waals surface area (Å²) in [7, 11) is 0. The Morgan fingerprint density at radius 3 is 1.71 bits per heavy atom. The fraction of sp³-hybridized carbons (Fsp3) is 0.750. The summed E-state index contributed by atoms with van der Waals surface area (Å²) in [6.07, 6.45) is -15.1. The van der Waals surface area contributed by atoms with Gasteiger partial charge in [0.05, 0.1) is 13.2 Å². The van der Waals surface area contributed by atoms with Gasteiger partial charge in [-0.2, -0.15) is 0 Å². The van der Waals surface area contributed by atoms with Crippen molar-refractivity contribution in [3.05, 3.63) is 0 Å². The normalized spacial score (nSPS) is 20.2. The molecular weight excluding hydrogens is 336 g/mol. The molecule has 0 fully saturated rings.